The molecule has 0 spiro atoms. The highest BCUT2D eigenvalue weighted by atomic mass is 35.5. The molecule has 0 fully saturated rings. The molecule has 0 unspecified atom stereocenters. The van der Waals surface area contributed by atoms with E-state index in [0.29, 0.717) is 36.2 Å². The maximum atomic E-state index is 12.5. The number of benzene rings is 2. The van der Waals surface area contributed by atoms with Crippen LogP contribution >= 0.6 is 11.6 Å². The van der Waals surface area contributed by atoms with E-state index < -0.39 is 0 Å². The van der Waals surface area contributed by atoms with Gasteiger partial charge in [0.15, 0.2) is 0 Å². The molecule has 5 rings (SSSR count). The SMILES string of the molecule is COc1ccc(CN2COc3c(Cl)cc4c5c(c(=O)oc4c3C2)CCC5)c(OC)c1. The molecular weight excluding hydrogens is 406 g/mol. The standard InChI is InChI=1S/C23H22ClNO5/c1-27-14-7-6-13(20(8-14)28-2)10-25-11-18-21-17(9-19(24)22(18)29-12-25)15-4-3-5-16(15)23(26)30-21/h6-9H,3-5,10-12H2,1-2H3. The molecule has 2 aromatic carbocycles. The molecule has 0 radical (unpaired) electrons. The Morgan fingerprint density at radius 3 is 2.73 bits per heavy atom. The zero-order valence-corrected chi connectivity index (χ0v) is 17.7. The van der Waals surface area contributed by atoms with Crippen molar-refractivity contribution in [2.75, 3.05) is 21.0 Å². The van der Waals surface area contributed by atoms with E-state index in [9.17, 15) is 4.79 Å². The maximum absolute atomic E-state index is 12.5. The normalized spacial score (nSPS) is 15.6. The number of ether oxygens (including phenoxy) is 3. The molecule has 1 aliphatic carbocycles. The first-order valence-electron chi connectivity index (χ1n) is 9.95. The van der Waals surface area contributed by atoms with Crippen molar-refractivity contribution in [3.63, 3.8) is 0 Å². The van der Waals surface area contributed by atoms with Gasteiger partial charge in [-0.3, -0.25) is 4.90 Å². The maximum Gasteiger partial charge on any atom is 0.339 e. The summed E-state index contributed by atoms with van der Waals surface area (Å²) < 4.78 is 22.6. The molecule has 0 atom stereocenters. The number of hydrogen-bond donors (Lipinski definition) is 0. The van der Waals surface area contributed by atoms with Gasteiger partial charge in [-0.25, -0.2) is 4.79 Å². The van der Waals surface area contributed by atoms with E-state index in [2.05, 4.69) is 4.90 Å². The average Bonchev–Trinajstić information content (AvgIpc) is 3.26. The van der Waals surface area contributed by atoms with Crippen LogP contribution in [-0.4, -0.2) is 25.9 Å². The van der Waals surface area contributed by atoms with Gasteiger partial charge in [0.2, 0.25) is 0 Å². The van der Waals surface area contributed by atoms with E-state index in [-0.39, 0.29) is 5.63 Å². The minimum absolute atomic E-state index is 0.242. The van der Waals surface area contributed by atoms with Crippen molar-refractivity contribution in [3.8, 4) is 17.2 Å². The summed E-state index contributed by atoms with van der Waals surface area (Å²) in [5.74, 6) is 2.09. The predicted octanol–water partition coefficient (Wildman–Crippen LogP) is 4.30. The molecule has 0 amide bonds. The smallest absolute Gasteiger partial charge is 0.339 e. The highest BCUT2D eigenvalue weighted by molar-refractivity contribution is 6.33. The first kappa shape index (κ1) is 19.3. The van der Waals surface area contributed by atoms with Gasteiger partial charge >= 0.3 is 5.63 Å². The lowest BCUT2D eigenvalue weighted by molar-refractivity contribution is 0.0883. The quantitative estimate of drug-likeness (QED) is 0.578. The summed E-state index contributed by atoms with van der Waals surface area (Å²) in [5, 5.41) is 1.49. The first-order chi connectivity index (χ1) is 14.6. The van der Waals surface area contributed by atoms with E-state index in [1.165, 1.54) is 0 Å². The molecule has 0 saturated carbocycles. The Morgan fingerprint density at radius 2 is 1.93 bits per heavy atom. The van der Waals surface area contributed by atoms with Gasteiger partial charge in [-0.15, -0.1) is 0 Å². The van der Waals surface area contributed by atoms with E-state index >= 15 is 0 Å². The van der Waals surface area contributed by atoms with Crippen LogP contribution in [0.4, 0.5) is 0 Å². The van der Waals surface area contributed by atoms with Crippen LogP contribution in [0.15, 0.2) is 33.5 Å². The third kappa shape index (κ3) is 3.11. The van der Waals surface area contributed by atoms with Crippen molar-refractivity contribution in [2.24, 2.45) is 0 Å². The summed E-state index contributed by atoms with van der Waals surface area (Å²) in [7, 11) is 3.27. The van der Waals surface area contributed by atoms with Crippen LogP contribution in [0.2, 0.25) is 5.02 Å². The lowest BCUT2D eigenvalue weighted by Crippen LogP contribution is -2.32. The number of fused-ring (bicyclic) bond motifs is 5. The second-order valence-corrected chi connectivity index (χ2v) is 8.09. The largest absolute Gasteiger partial charge is 0.497 e. The Hall–Kier alpha value is -2.70. The van der Waals surface area contributed by atoms with Gasteiger partial charge in [-0.1, -0.05) is 17.7 Å². The van der Waals surface area contributed by atoms with Crippen LogP contribution in [0.1, 0.15) is 28.7 Å². The summed E-state index contributed by atoms with van der Waals surface area (Å²) in [6.07, 6.45) is 2.61. The molecule has 0 N–H and O–H groups in total. The fourth-order valence-electron chi connectivity index (χ4n) is 4.48. The monoisotopic (exact) mass is 427 g/mol. The van der Waals surface area contributed by atoms with Gasteiger partial charge in [0.25, 0.3) is 0 Å². The van der Waals surface area contributed by atoms with Gasteiger partial charge in [0, 0.05) is 35.7 Å². The Kier molecular flexibility index (Phi) is 4.83. The van der Waals surface area contributed by atoms with Crippen LogP contribution in [0.25, 0.3) is 11.0 Å². The molecule has 6 nitrogen and oxygen atoms in total. The highest BCUT2D eigenvalue weighted by Gasteiger charge is 2.28. The molecule has 0 bridgehead atoms. The van der Waals surface area contributed by atoms with Crippen molar-refractivity contribution < 1.29 is 18.6 Å². The third-order valence-electron chi connectivity index (χ3n) is 5.93. The van der Waals surface area contributed by atoms with Crippen molar-refractivity contribution in [3.05, 3.63) is 62.0 Å². The average molecular weight is 428 g/mol. The van der Waals surface area contributed by atoms with Crippen molar-refractivity contribution in [1.29, 1.82) is 0 Å². The Morgan fingerprint density at radius 1 is 1.10 bits per heavy atom. The van der Waals surface area contributed by atoms with Gasteiger partial charge < -0.3 is 18.6 Å². The predicted molar refractivity (Wildman–Crippen MR) is 114 cm³/mol. The second-order valence-electron chi connectivity index (χ2n) is 7.68. The molecular formula is C23H22ClNO5. The fourth-order valence-corrected chi connectivity index (χ4v) is 4.76. The molecule has 7 heteroatoms. The molecule has 0 saturated heterocycles. The topological polar surface area (TPSA) is 61.1 Å². The first-order valence-corrected chi connectivity index (χ1v) is 10.3. The summed E-state index contributed by atoms with van der Waals surface area (Å²) in [4.78, 5) is 14.7. The molecule has 1 aliphatic heterocycles. The highest BCUT2D eigenvalue weighted by Crippen LogP contribution is 2.41. The summed E-state index contributed by atoms with van der Waals surface area (Å²) in [6.45, 7) is 1.54. The minimum atomic E-state index is -0.242. The number of methoxy groups -OCH3 is 2. The van der Waals surface area contributed by atoms with Crippen molar-refractivity contribution in [2.45, 2.75) is 32.4 Å². The molecule has 2 heterocycles. The summed E-state index contributed by atoms with van der Waals surface area (Å²) in [6, 6.07) is 7.63. The summed E-state index contributed by atoms with van der Waals surface area (Å²) in [5.41, 5.74) is 4.04. The molecule has 156 valence electrons. The molecule has 3 aromatic rings. The Bertz CT molecular complexity index is 1200. The molecule has 2 aliphatic rings. The van der Waals surface area contributed by atoms with Gasteiger partial charge in [-0.2, -0.15) is 0 Å². The van der Waals surface area contributed by atoms with Crippen LogP contribution in [-0.2, 0) is 25.9 Å². The zero-order chi connectivity index (χ0) is 20.8. The number of halogens is 1. The van der Waals surface area contributed by atoms with Gasteiger partial charge in [-0.05, 0) is 37.0 Å². The molecule has 1 aromatic heterocycles. The number of nitrogens with zero attached hydrogens (tertiary/aromatic N) is 1. The lowest BCUT2D eigenvalue weighted by Gasteiger charge is -2.30. The fraction of sp³-hybridized carbons (Fsp3) is 0.348. The number of aryl methyl sites for hydroxylation is 1. The van der Waals surface area contributed by atoms with Crippen LogP contribution < -0.4 is 19.8 Å². The van der Waals surface area contributed by atoms with Gasteiger partial charge in [0.1, 0.15) is 29.6 Å². The third-order valence-corrected chi connectivity index (χ3v) is 6.21. The van der Waals surface area contributed by atoms with Crippen molar-refractivity contribution in [1.82, 2.24) is 4.90 Å². The Labute approximate surface area is 178 Å². The van der Waals surface area contributed by atoms with E-state index in [0.717, 1.165) is 58.4 Å². The van der Waals surface area contributed by atoms with Crippen LogP contribution in [0.3, 0.4) is 0 Å². The van der Waals surface area contributed by atoms with Crippen LogP contribution in [0.5, 0.6) is 17.2 Å². The van der Waals surface area contributed by atoms with Gasteiger partial charge in [0.05, 0.1) is 24.8 Å². The molecule has 30 heavy (non-hydrogen) atoms. The van der Waals surface area contributed by atoms with E-state index in [1.54, 1.807) is 14.2 Å². The van der Waals surface area contributed by atoms with Crippen LogP contribution in [0, 0.1) is 0 Å². The van der Waals surface area contributed by atoms with Crippen molar-refractivity contribution >= 4 is 22.6 Å². The lowest BCUT2D eigenvalue weighted by atomic mass is 10.0. The zero-order valence-electron chi connectivity index (χ0n) is 16.9. The summed E-state index contributed by atoms with van der Waals surface area (Å²) >= 11 is 6.55. The Balaban J connectivity index is 1.54. The number of rotatable bonds is 4. The number of hydrogen-bond acceptors (Lipinski definition) is 6. The minimum Gasteiger partial charge on any atom is -0.497 e. The van der Waals surface area contributed by atoms with E-state index in [1.807, 2.05) is 24.3 Å². The van der Waals surface area contributed by atoms with E-state index in [4.69, 9.17) is 30.2 Å². The second kappa shape index (κ2) is 7.52.